The molecule has 0 bridgehead atoms. The molecule has 4 nitrogen and oxygen atoms in total. The molecule has 0 fully saturated rings. The highest BCUT2D eigenvalue weighted by atomic mass is 15.4. The molecule has 0 amide bonds. The number of anilines is 2. The predicted octanol–water partition coefficient (Wildman–Crippen LogP) is 3.13. The summed E-state index contributed by atoms with van der Waals surface area (Å²) in [5.74, 6) is 0. The highest BCUT2D eigenvalue weighted by Crippen LogP contribution is 2.35. The minimum atomic E-state index is -2.13. The molecule has 0 N–H and O–H groups in total. The van der Waals surface area contributed by atoms with Crippen molar-refractivity contribution in [2.45, 2.75) is 33.1 Å². The van der Waals surface area contributed by atoms with Gasteiger partial charge >= 0.3 is 0 Å². The van der Waals surface area contributed by atoms with Crippen LogP contribution in [0.3, 0.4) is 0 Å². The molecule has 0 spiro atoms. The van der Waals surface area contributed by atoms with Gasteiger partial charge in [-0.05, 0) is 38.5 Å². The lowest BCUT2D eigenvalue weighted by atomic mass is 10.1. The second-order valence-corrected chi connectivity index (χ2v) is 5.67. The quantitative estimate of drug-likeness (QED) is 0.828. The average molecular weight is 287 g/mol. The minimum Gasteiger partial charge on any atom is -0.359 e. The zero-order valence-electron chi connectivity index (χ0n) is 16.0. The van der Waals surface area contributed by atoms with Gasteiger partial charge in [-0.25, -0.2) is 0 Å². The van der Waals surface area contributed by atoms with Crippen molar-refractivity contribution >= 4 is 11.4 Å². The maximum absolute atomic E-state index is 7.65. The summed E-state index contributed by atoms with van der Waals surface area (Å²) in [4.78, 5) is 7.80. The van der Waals surface area contributed by atoms with Crippen LogP contribution < -0.4 is 9.80 Å². The van der Waals surface area contributed by atoms with Gasteiger partial charge < -0.3 is 19.6 Å². The maximum atomic E-state index is 7.65. The molecule has 2 aliphatic rings. The second kappa shape index (κ2) is 5.02. The lowest BCUT2D eigenvalue weighted by molar-refractivity contribution is 0.381. The Morgan fingerprint density at radius 2 is 1.43 bits per heavy atom. The Morgan fingerprint density at radius 3 is 1.90 bits per heavy atom. The molecular weight excluding hydrogens is 260 g/mol. The van der Waals surface area contributed by atoms with Gasteiger partial charge in [-0.1, -0.05) is 6.07 Å². The Morgan fingerprint density at radius 1 is 0.905 bits per heavy atom. The van der Waals surface area contributed by atoms with E-state index in [4.69, 9.17) is 4.11 Å². The van der Waals surface area contributed by atoms with Crippen LogP contribution in [0.15, 0.2) is 43.0 Å². The van der Waals surface area contributed by atoms with Crippen LogP contribution in [0.25, 0.3) is 0 Å². The Bertz CT molecular complexity index is 683. The molecule has 2 atom stereocenters. The molecule has 112 valence electrons. The van der Waals surface area contributed by atoms with Crippen molar-refractivity contribution in [2.75, 3.05) is 23.8 Å². The summed E-state index contributed by atoms with van der Waals surface area (Å²) in [6, 6.07) is 6.16. The largest absolute Gasteiger partial charge is 0.359 e. The van der Waals surface area contributed by atoms with Crippen LogP contribution in [0.2, 0.25) is 0 Å². The first kappa shape index (κ1) is 10.6. The molecule has 0 saturated heterocycles. The van der Waals surface area contributed by atoms with Gasteiger partial charge in [0.25, 0.3) is 0 Å². The fourth-order valence-electron chi connectivity index (χ4n) is 2.88. The second-order valence-electron chi connectivity index (χ2n) is 5.67. The van der Waals surface area contributed by atoms with Crippen LogP contribution in [0.4, 0.5) is 11.4 Å². The van der Waals surface area contributed by atoms with E-state index in [-0.39, 0.29) is 12.3 Å². The van der Waals surface area contributed by atoms with Crippen molar-refractivity contribution in [2.24, 2.45) is 0 Å². The van der Waals surface area contributed by atoms with E-state index < -0.39 is 6.98 Å². The lowest BCUT2D eigenvalue weighted by Crippen LogP contribution is -2.35. The van der Waals surface area contributed by atoms with Gasteiger partial charge in [-0.2, -0.15) is 0 Å². The molecule has 0 unspecified atom stereocenters. The van der Waals surface area contributed by atoms with Gasteiger partial charge in [0.15, 0.2) is 0 Å². The molecule has 0 radical (unpaired) electrons. The van der Waals surface area contributed by atoms with Gasteiger partial charge in [0, 0.05) is 54.3 Å². The molecule has 4 heteroatoms. The Labute approximate surface area is 131 Å². The van der Waals surface area contributed by atoms with Gasteiger partial charge in [0.1, 0.15) is 12.3 Å². The molecule has 0 aliphatic carbocycles. The van der Waals surface area contributed by atoms with Crippen molar-refractivity contribution in [3.05, 3.63) is 48.6 Å². The Balaban J connectivity index is 1.93. The van der Waals surface area contributed by atoms with E-state index in [1.165, 1.54) is 4.90 Å². The number of nitrogens with zero attached hydrogens (tertiary/aromatic N) is 4. The van der Waals surface area contributed by atoms with E-state index in [1.54, 1.807) is 6.20 Å². The van der Waals surface area contributed by atoms with Crippen LogP contribution in [-0.2, 0) is 0 Å². The number of rotatable bonds is 2. The van der Waals surface area contributed by atoms with Crippen molar-refractivity contribution in [1.29, 1.82) is 0 Å². The van der Waals surface area contributed by atoms with E-state index in [0.29, 0.717) is 0 Å². The highest BCUT2D eigenvalue weighted by molar-refractivity contribution is 5.70. The lowest BCUT2D eigenvalue weighted by Gasteiger charge is -2.32. The van der Waals surface area contributed by atoms with Gasteiger partial charge in [-0.15, -0.1) is 0 Å². The number of benzene rings is 1. The predicted molar refractivity (Wildman–Crippen MR) is 88.9 cm³/mol. The summed E-state index contributed by atoms with van der Waals surface area (Å²) in [5, 5.41) is 0. The topological polar surface area (TPSA) is 13.0 Å². The summed E-state index contributed by atoms with van der Waals surface area (Å²) in [6.07, 6.45) is 7.64. The summed E-state index contributed by atoms with van der Waals surface area (Å²) >= 11 is 0. The van der Waals surface area contributed by atoms with Crippen LogP contribution in [0, 0.1) is 6.92 Å². The fraction of sp³-hybridized carbons (Fsp3) is 0.412. The van der Waals surface area contributed by atoms with Crippen molar-refractivity contribution in [3.63, 3.8) is 0 Å². The molecule has 1 aromatic carbocycles. The summed E-state index contributed by atoms with van der Waals surface area (Å²) in [5.41, 5.74) is 3.29. The number of hydrogen-bond acceptors (Lipinski definition) is 4. The van der Waals surface area contributed by atoms with E-state index in [9.17, 15) is 0 Å². The van der Waals surface area contributed by atoms with Crippen molar-refractivity contribution in [3.8, 4) is 0 Å². The third kappa shape index (κ3) is 2.15. The molecular formula is C17H24N4. The smallest absolute Gasteiger partial charge is 0.102 e. The van der Waals surface area contributed by atoms with E-state index >= 15 is 0 Å². The standard InChI is InChI=1S/C17H24N4/c1-13-16(20-11-9-18(4)14(20)2)7-6-8-17(13)21-12-10-19(5)15(21)3/h6-12,14-15H,1-5H3/t14-,15+/i4D3/m0/s1. The molecule has 2 heterocycles. The van der Waals surface area contributed by atoms with E-state index in [1.807, 2.05) is 30.2 Å². The molecule has 21 heavy (non-hydrogen) atoms. The average Bonchev–Trinajstić information content (AvgIpc) is 3.04. The molecule has 0 aromatic heterocycles. The van der Waals surface area contributed by atoms with Crippen LogP contribution in [-0.4, -0.2) is 36.2 Å². The molecule has 1 aromatic rings. The zero-order chi connectivity index (χ0) is 17.6. The summed E-state index contributed by atoms with van der Waals surface area (Å²) in [6.45, 7) is 4.01. The zero-order valence-corrected chi connectivity index (χ0v) is 13.0. The van der Waals surface area contributed by atoms with Crippen molar-refractivity contribution < 1.29 is 4.11 Å². The minimum absolute atomic E-state index is 0.249. The Hall–Kier alpha value is -2.10. The van der Waals surface area contributed by atoms with E-state index in [2.05, 4.69) is 49.2 Å². The Kier molecular flexibility index (Phi) is 2.54. The first-order valence-corrected chi connectivity index (χ1v) is 7.25. The van der Waals surface area contributed by atoms with Gasteiger partial charge in [0.05, 0.1) is 0 Å². The normalized spacial score (nSPS) is 27.3. The van der Waals surface area contributed by atoms with Gasteiger partial charge in [-0.3, -0.25) is 0 Å². The SMILES string of the molecule is [2H]C([2H])([2H])N1C=CN(c2cccc(N3C=CN(C)[C@H]3C)c2C)[C@H]1C. The first-order chi connectivity index (χ1) is 11.2. The van der Waals surface area contributed by atoms with E-state index in [0.717, 1.165) is 16.9 Å². The molecule has 0 saturated carbocycles. The first-order valence-electron chi connectivity index (χ1n) is 8.75. The van der Waals surface area contributed by atoms with Crippen LogP contribution in [0.5, 0.6) is 0 Å². The van der Waals surface area contributed by atoms with Crippen LogP contribution in [0.1, 0.15) is 23.5 Å². The van der Waals surface area contributed by atoms with Crippen molar-refractivity contribution in [1.82, 2.24) is 9.80 Å². The molecule has 2 aliphatic heterocycles. The fourth-order valence-corrected chi connectivity index (χ4v) is 2.88. The third-order valence-corrected chi connectivity index (χ3v) is 4.48. The summed E-state index contributed by atoms with van der Waals surface area (Å²) < 4.78 is 23.0. The monoisotopic (exact) mass is 287 g/mol. The molecule has 3 rings (SSSR count). The highest BCUT2D eigenvalue weighted by Gasteiger charge is 2.25. The third-order valence-electron chi connectivity index (χ3n) is 4.48. The number of hydrogen-bond donors (Lipinski definition) is 0. The summed E-state index contributed by atoms with van der Waals surface area (Å²) in [7, 11) is 2.06. The van der Waals surface area contributed by atoms with Crippen LogP contribution >= 0.6 is 0 Å². The van der Waals surface area contributed by atoms with Gasteiger partial charge in [0.2, 0.25) is 0 Å². The maximum Gasteiger partial charge on any atom is 0.102 e.